The molecule has 1 aromatic carbocycles. The molecule has 2 atom stereocenters. The zero-order valence-electron chi connectivity index (χ0n) is 15.4. The molecule has 2 aromatic rings. The first-order chi connectivity index (χ1) is 12.6. The highest BCUT2D eigenvalue weighted by Gasteiger charge is 2.31. The van der Waals surface area contributed by atoms with Crippen molar-refractivity contribution in [1.82, 2.24) is 9.88 Å². The Labute approximate surface area is 154 Å². The minimum atomic E-state index is -0.711. The summed E-state index contributed by atoms with van der Waals surface area (Å²) in [6, 6.07) is 12.1. The van der Waals surface area contributed by atoms with Crippen molar-refractivity contribution in [2.45, 2.75) is 32.7 Å². The van der Waals surface area contributed by atoms with Gasteiger partial charge < -0.3 is 9.84 Å². The number of hydrogen-bond donors (Lipinski definition) is 1. The van der Waals surface area contributed by atoms with E-state index in [9.17, 15) is 9.90 Å². The molecule has 26 heavy (non-hydrogen) atoms. The Morgan fingerprint density at radius 1 is 1.31 bits per heavy atom. The summed E-state index contributed by atoms with van der Waals surface area (Å²) in [4.78, 5) is 18.4. The fourth-order valence-electron chi connectivity index (χ4n) is 3.57. The largest absolute Gasteiger partial charge is 0.494 e. The van der Waals surface area contributed by atoms with Crippen LogP contribution >= 0.6 is 0 Å². The van der Waals surface area contributed by atoms with Crippen molar-refractivity contribution in [3.05, 3.63) is 59.4 Å². The molecule has 0 aliphatic carbocycles. The molecule has 1 aromatic heterocycles. The van der Waals surface area contributed by atoms with Crippen LogP contribution in [-0.4, -0.2) is 40.7 Å². The highest BCUT2D eigenvalue weighted by molar-refractivity contribution is 5.70. The smallest absolute Gasteiger partial charge is 0.307 e. The van der Waals surface area contributed by atoms with Crippen molar-refractivity contribution in [2.24, 2.45) is 5.92 Å². The molecular formula is C21H26N2O3. The molecule has 1 fully saturated rings. The van der Waals surface area contributed by atoms with Crippen molar-refractivity contribution in [2.75, 3.05) is 19.7 Å². The molecule has 0 saturated carbocycles. The second-order valence-electron chi connectivity index (χ2n) is 6.84. The zero-order valence-corrected chi connectivity index (χ0v) is 15.4. The number of pyridine rings is 1. The summed E-state index contributed by atoms with van der Waals surface area (Å²) < 4.78 is 5.55. The molecule has 2 unspecified atom stereocenters. The average Bonchev–Trinajstić information content (AvgIpc) is 2.65. The predicted octanol–water partition coefficient (Wildman–Crippen LogP) is 3.67. The lowest BCUT2D eigenvalue weighted by atomic mass is 9.93. The number of carboxylic acids is 1. The highest BCUT2D eigenvalue weighted by atomic mass is 16.5. The molecule has 3 rings (SSSR count). The number of carbonyl (C=O) groups is 1. The average molecular weight is 354 g/mol. The van der Waals surface area contributed by atoms with Crippen LogP contribution in [0.3, 0.4) is 0 Å². The van der Waals surface area contributed by atoms with Gasteiger partial charge in [0.2, 0.25) is 0 Å². The molecule has 0 radical (unpaired) electrons. The fraction of sp³-hybridized carbons (Fsp3) is 0.429. The Hall–Kier alpha value is -2.40. The first-order valence-corrected chi connectivity index (χ1v) is 9.20. The van der Waals surface area contributed by atoms with Crippen LogP contribution in [0.1, 0.15) is 42.6 Å². The summed E-state index contributed by atoms with van der Waals surface area (Å²) in [5.74, 6) is -0.190. The number of nitrogens with zero attached hydrogens (tertiary/aromatic N) is 2. The number of benzene rings is 1. The third-order valence-corrected chi connectivity index (χ3v) is 4.89. The molecule has 1 N–H and O–H groups in total. The Morgan fingerprint density at radius 2 is 2.08 bits per heavy atom. The van der Waals surface area contributed by atoms with Crippen LogP contribution in [0.4, 0.5) is 0 Å². The first-order valence-electron chi connectivity index (χ1n) is 9.20. The Bertz CT molecular complexity index is 728. The first kappa shape index (κ1) is 18.4. The minimum Gasteiger partial charge on any atom is -0.494 e. The SMILES string of the molecule is CCOc1ccc(C(c2ccc(C)cn2)N2CCCC(C(=O)O)C2)cc1. The second-order valence-corrected chi connectivity index (χ2v) is 6.84. The molecule has 5 heteroatoms. The number of hydrogen-bond acceptors (Lipinski definition) is 4. The van der Waals surface area contributed by atoms with Crippen LogP contribution < -0.4 is 4.74 Å². The van der Waals surface area contributed by atoms with Gasteiger partial charge in [-0.1, -0.05) is 18.2 Å². The molecule has 2 heterocycles. The van der Waals surface area contributed by atoms with Gasteiger partial charge in [-0.05, 0) is 62.6 Å². The van der Waals surface area contributed by atoms with Gasteiger partial charge >= 0.3 is 5.97 Å². The number of likely N-dealkylation sites (tertiary alicyclic amines) is 1. The standard InChI is InChI=1S/C21H26N2O3/c1-3-26-18-9-7-16(8-10-18)20(19-11-6-15(2)13-22-19)23-12-4-5-17(14-23)21(24)25/h6-11,13,17,20H,3-5,12,14H2,1-2H3,(H,24,25). The maximum Gasteiger partial charge on any atom is 0.307 e. The van der Waals surface area contributed by atoms with Crippen LogP contribution in [-0.2, 0) is 4.79 Å². The monoisotopic (exact) mass is 354 g/mol. The van der Waals surface area contributed by atoms with E-state index in [4.69, 9.17) is 4.74 Å². The molecule has 138 valence electrons. The lowest BCUT2D eigenvalue weighted by Gasteiger charge is -2.37. The quantitative estimate of drug-likeness (QED) is 0.857. The molecule has 1 aliphatic heterocycles. The highest BCUT2D eigenvalue weighted by Crippen LogP contribution is 2.32. The van der Waals surface area contributed by atoms with E-state index in [1.54, 1.807) is 0 Å². The topological polar surface area (TPSA) is 62.7 Å². The summed E-state index contributed by atoms with van der Waals surface area (Å²) in [5, 5.41) is 9.45. The van der Waals surface area contributed by atoms with Crippen molar-refractivity contribution in [1.29, 1.82) is 0 Å². The van der Waals surface area contributed by atoms with E-state index < -0.39 is 5.97 Å². The Balaban J connectivity index is 1.93. The molecule has 1 aliphatic rings. The summed E-state index contributed by atoms with van der Waals surface area (Å²) in [5.41, 5.74) is 3.17. The molecular weight excluding hydrogens is 328 g/mol. The maximum absolute atomic E-state index is 11.5. The molecule has 1 saturated heterocycles. The Kier molecular flexibility index (Phi) is 5.89. The van der Waals surface area contributed by atoms with E-state index in [1.165, 1.54) is 0 Å². The minimum absolute atomic E-state index is 0.0478. The van der Waals surface area contributed by atoms with Gasteiger partial charge in [-0.2, -0.15) is 0 Å². The van der Waals surface area contributed by atoms with E-state index in [1.807, 2.05) is 38.2 Å². The van der Waals surface area contributed by atoms with Crippen LogP contribution in [0.5, 0.6) is 5.75 Å². The van der Waals surface area contributed by atoms with Gasteiger partial charge in [-0.15, -0.1) is 0 Å². The van der Waals surface area contributed by atoms with Crippen LogP contribution in [0.15, 0.2) is 42.6 Å². The van der Waals surface area contributed by atoms with Crippen LogP contribution in [0.2, 0.25) is 0 Å². The third kappa shape index (κ3) is 4.22. The van der Waals surface area contributed by atoms with E-state index in [-0.39, 0.29) is 12.0 Å². The number of aliphatic carboxylic acids is 1. The summed E-state index contributed by atoms with van der Waals surface area (Å²) in [7, 11) is 0. The number of piperidine rings is 1. The summed E-state index contributed by atoms with van der Waals surface area (Å²) in [6.07, 6.45) is 3.50. The maximum atomic E-state index is 11.5. The van der Waals surface area contributed by atoms with Gasteiger partial charge in [0.25, 0.3) is 0 Å². The van der Waals surface area contributed by atoms with Gasteiger partial charge in [-0.3, -0.25) is 14.7 Å². The van der Waals surface area contributed by atoms with Crippen molar-refractivity contribution >= 4 is 5.97 Å². The van der Waals surface area contributed by atoms with Gasteiger partial charge in [0.15, 0.2) is 0 Å². The van der Waals surface area contributed by atoms with Crippen LogP contribution in [0, 0.1) is 12.8 Å². The summed E-state index contributed by atoms with van der Waals surface area (Å²) >= 11 is 0. The van der Waals surface area contributed by atoms with Gasteiger partial charge in [0.1, 0.15) is 5.75 Å². The van der Waals surface area contributed by atoms with Gasteiger partial charge in [0.05, 0.1) is 24.3 Å². The second kappa shape index (κ2) is 8.32. The predicted molar refractivity (Wildman–Crippen MR) is 100 cm³/mol. The van der Waals surface area contributed by atoms with Crippen LogP contribution in [0.25, 0.3) is 0 Å². The number of ether oxygens (including phenoxy) is 1. The van der Waals surface area contributed by atoms with Crippen molar-refractivity contribution in [3.8, 4) is 5.75 Å². The molecule has 5 nitrogen and oxygen atoms in total. The molecule has 0 spiro atoms. The number of rotatable bonds is 6. The number of aromatic nitrogens is 1. The normalized spacial score (nSPS) is 19.1. The van der Waals surface area contributed by atoms with E-state index >= 15 is 0 Å². The van der Waals surface area contributed by atoms with Gasteiger partial charge in [-0.25, -0.2) is 0 Å². The van der Waals surface area contributed by atoms with E-state index in [2.05, 4.69) is 28.1 Å². The van der Waals surface area contributed by atoms with Crippen molar-refractivity contribution in [3.63, 3.8) is 0 Å². The zero-order chi connectivity index (χ0) is 18.5. The lowest BCUT2D eigenvalue weighted by Crippen LogP contribution is -2.41. The molecule has 0 bridgehead atoms. The van der Waals surface area contributed by atoms with Crippen molar-refractivity contribution < 1.29 is 14.6 Å². The third-order valence-electron chi connectivity index (χ3n) is 4.89. The van der Waals surface area contributed by atoms with E-state index in [0.717, 1.165) is 42.0 Å². The number of carboxylic acid groups (broad SMARTS) is 1. The lowest BCUT2D eigenvalue weighted by molar-refractivity contribution is -0.143. The molecule has 0 amide bonds. The summed E-state index contributed by atoms with van der Waals surface area (Å²) in [6.45, 7) is 6.03. The van der Waals surface area contributed by atoms with Gasteiger partial charge in [0, 0.05) is 12.7 Å². The number of aryl methyl sites for hydroxylation is 1. The van der Waals surface area contributed by atoms with E-state index in [0.29, 0.717) is 13.2 Å². The Morgan fingerprint density at radius 3 is 2.69 bits per heavy atom. The fourth-order valence-corrected chi connectivity index (χ4v) is 3.57.